The Balaban J connectivity index is 1.13. The normalized spacial score (nSPS) is 14.2. The summed E-state index contributed by atoms with van der Waals surface area (Å²) in [6.45, 7) is 6.24. The van der Waals surface area contributed by atoms with Crippen LogP contribution in [-0.4, -0.2) is 64.3 Å². The lowest BCUT2D eigenvalue weighted by molar-refractivity contribution is 0.110. The molecule has 3 heterocycles. The van der Waals surface area contributed by atoms with Crippen molar-refractivity contribution in [1.29, 1.82) is 0 Å². The van der Waals surface area contributed by atoms with Crippen LogP contribution in [0.5, 0.6) is 5.75 Å². The van der Waals surface area contributed by atoms with Gasteiger partial charge in [-0.15, -0.1) is 11.8 Å². The zero-order valence-electron chi connectivity index (χ0n) is 19.7. The lowest BCUT2D eigenvalue weighted by Crippen LogP contribution is -2.49. The van der Waals surface area contributed by atoms with Crippen LogP contribution in [0.25, 0.3) is 0 Å². The Morgan fingerprint density at radius 2 is 1.79 bits per heavy atom. The summed E-state index contributed by atoms with van der Waals surface area (Å²) in [5.41, 5.74) is 3.56. The van der Waals surface area contributed by atoms with E-state index in [9.17, 15) is 4.79 Å². The van der Waals surface area contributed by atoms with Crippen LogP contribution >= 0.6 is 11.8 Å². The first kappa shape index (κ1) is 24.2. The number of aromatic nitrogens is 2. The number of rotatable bonds is 9. The largest absolute Gasteiger partial charge is 0.415 e. The molecule has 0 radical (unpaired) electrons. The Kier molecular flexibility index (Phi) is 8.93. The Morgan fingerprint density at radius 1 is 0.971 bits per heavy atom. The first-order valence-corrected chi connectivity index (χ1v) is 12.9. The third-order valence-electron chi connectivity index (χ3n) is 5.92. The molecule has 178 valence electrons. The summed E-state index contributed by atoms with van der Waals surface area (Å²) >= 11 is 1.74. The van der Waals surface area contributed by atoms with E-state index in [2.05, 4.69) is 33.9 Å². The van der Waals surface area contributed by atoms with E-state index in [4.69, 9.17) is 4.74 Å². The van der Waals surface area contributed by atoms with Gasteiger partial charge in [0.2, 0.25) is 0 Å². The van der Waals surface area contributed by atoms with Crippen molar-refractivity contribution in [3.8, 4) is 5.75 Å². The number of aryl methyl sites for hydroxylation is 3. The Bertz CT molecular complexity index is 1020. The number of amides is 1. The summed E-state index contributed by atoms with van der Waals surface area (Å²) in [5, 5.41) is 1.04. The van der Waals surface area contributed by atoms with E-state index in [0.717, 1.165) is 55.4 Å². The summed E-state index contributed by atoms with van der Waals surface area (Å²) in [5.74, 6) is 1.56. The predicted octanol–water partition coefficient (Wildman–Crippen LogP) is 4.87. The second-order valence-electron chi connectivity index (χ2n) is 8.54. The molecular formula is C27H32N4O2S. The molecule has 3 aromatic rings. The molecule has 1 aliphatic heterocycles. The summed E-state index contributed by atoms with van der Waals surface area (Å²) in [6.07, 6.45) is 6.48. The molecule has 1 amide bonds. The van der Waals surface area contributed by atoms with Crippen molar-refractivity contribution in [1.82, 2.24) is 19.8 Å². The van der Waals surface area contributed by atoms with Gasteiger partial charge in [-0.3, -0.25) is 9.88 Å². The molecule has 0 bridgehead atoms. The maximum Gasteiger partial charge on any atom is 0.415 e. The molecule has 0 saturated carbocycles. The standard InChI is InChI=1S/C27H32N4O2S/c1-22-7-10-24(29-21-22)5-4-15-30-16-18-31(19-17-30)27(32)33-25-11-8-23(9-12-25)13-20-34-26-6-2-3-14-28-26/h2-3,6-12,14,21H,4-5,13,15-20H2,1H3. The van der Waals surface area contributed by atoms with E-state index in [-0.39, 0.29) is 6.09 Å². The molecule has 1 fully saturated rings. The van der Waals surface area contributed by atoms with Crippen molar-refractivity contribution in [2.24, 2.45) is 0 Å². The van der Waals surface area contributed by atoms with Gasteiger partial charge in [-0.25, -0.2) is 9.78 Å². The van der Waals surface area contributed by atoms with Crippen molar-refractivity contribution in [3.05, 3.63) is 83.8 Å². The number of benzene rings is 1. The molecule has 1 aromatic carbocycles. The zero-order valence-corrected chi connectivity index (χ0v) is 20.5. The van der Waals surface area contributed by atoms with Gasteiger partial charge in [0.05, 0.1) is 5.03 Å². The van der Waals surface area contributed by atoms with Gasteiger partial charge in [-0.05, 0) is 74.2 Å². The van der Waals surface area contributed by atoms with Gasteiger partial charge in [0.25, 0.3) is 0 Å². The van der Waals surface area contributed by atoms with E-state index >= 15 is 0 Å². The van der Waals surface area contributed by atoms with Crippen LogP contribution in [0.3, 0.4) is 0 Å². The first-order chi connectivity index (χ1) is 16.7. The molecule has 0 atom stereocenters. The molecule has 34 heavy (non-hydrogen) atoms. The van der Waals surface area contributed by atoms with Gasteiger partial charge in [0, 0.05) is 50.0 Å². The Morgan fingerprint density at radius 3 is 2.50 bits per heavy atom. The molecule has 7 heteroatoms. The lowest BCUT2D eigenvalue weighted by atomic mass is 10.2. The second kappa shape index (κ2) is 12.5. The summed E-state index contributed by atoms with van der Waals surface area (Å²) in [4.78, 5) is 25.6. The van der Waals surface area contributed by atoms with Crippen LogP contribution in [0.4, 0.5) is 4.79 Å². The number of thioether (sulfide) groups is 1. The average molecular weight is 477 g/mol. The van der Waals surface area contributed by atoms with Gasteiger partial charge >= 0.3 is 6.09 Å². The Labute approximate surface area is 206 Å². The van der Waals surface area contributed by atoms with Crippen LogP contribution in [-0.2, 0) is 12.8 Å². The number of ether oxygens (including phenoxy) is 1. The second-order valence-corrected chi connectivity index (χ2v) is 9.65. The molecule has 0 N–H and O–H groups in total. The fourth-order valence-electron chi connectivity index (χ4n) is 3.88. The van der Waals surface area contributed by atoms with Gasteiger partial charge in [-0.1, -0.05) is 24.3 Å². The third-order valence-corrected chi connectivity index (χ3v) is 6.86. The quantitative estimate of drug-likeness (QED) is 0.411. The van der Waals surface area contributed by atoms with Gasteiger partial charge in [0.1, 0.15) is 5.75 Å². The minimum absolute atomic E-state index is 0.262. The van der Waals surface area contributed by atoms with Gasteiger partial charge in [0.15, 0.2) is 0 Å². The highest BCUT2D eigenvalue weighted by molar-refractivity contribution is 7.99. The predicted molar refractivity (Wildman–Crippen MR) is 136 cm³/mol. The molecule has 4 rings (SSSR count). The zero-order chi connectivity index (χ0) is 23.6. The summed E-state index contributed by atoms with van der Waals surface area (Å²) in [7, 11) is 0. The lowest BCUT2D eigenvalue weighted by Gasteiger charge is -2.34. The molecule has 0 unspecified atom stereocenters. The maximum atomic E-state index is 12.6. The molecular weight excluding hydrogens is 444 g/mol. The number of piperazine rings is 1. The summed E-state index contributed by atoms with van der Waals surface area (Å²) < 4.78 is 5.61. The number of nitrogens with zero attached hydrogens (tertiary/aromatic N) is 4. The van der Waals surface area contributed by atoms with Gasteiger partial charge in [-0.2, -0.15) is 0 Å². The number of pyridine rings is 2. The molecule has 1 aliphatic rings. The van der Waals surface area contributed by atoms with Crippen LogP contribution < -0.4 is 4.74 Å². The fraction of sp³-hybridized carbons (Fsp3) is 0.370. The van der Waals surface area contributed by atoms with Crippen molar-refractivity contribution in [3.63, 3.8) is 0 Å². The van der Waals surface area contributed by atoms with Crippen LogP contribution in [0.1, 0.15) is 23.2 Å². The van der Waals surface area contributed by atoms with Crippen molar-refractivity contribution >= 4 is 17.9 Å². The minimum atomic E-state index is -0.262. The highest BCUT2D eigenvalue weighted by Crippen LogP contribution is 2.19. The molecule has 1 saturated heterocycles. The molecule has 2 aromatic heterocycles. The van der Waals surface area contributed by atoms with Gasteiger partial charge < -0.3 is 9.64 Å². The van der Waals surface area contributed by atoms with Crippen LogP contribution in [0, 0.1) is 6.92 Å². The maximum absolute atomic E-state index is 12.6. The van der Waals surface area contributed by atoms with Crippen molar-refractivity contribution in [2.45, 2.75) is 31.2 Å². The van der Waals surface area contributed by atoms with Crippen molar-refractivity contribution in [2.75, 3.05) is 38.5 Å². The number of carbonyl (C=O) groups is 1. The minimum Gasteiger partial charge on any atom is -0.410 e. The number of hydrogen-bond acceptors (Lipinski definition) is 6. The van der Waals surface area contributed by atoms with E-state index in [1.807, 2.05) is 54.9 Å². The molecule has 0 spiro atoms. The average Bonchev–Trinajstić information content (AvgIpc) is 2.87. The van der Waals surface area contributed by atoms with Crippen LogP contribution in [0.15, 0.2) is 72.0 Å². The fourth-order valence-corrected chi connectivity index (χ4v) is 4.74. The van der Waals surface area contributed by atoms with E-state index in [0.29, 0.717) is 18.8 Å². The smallest absolute Gasteiger partial charge is 0.410 e. The van der Waals surface area contributed by atoms with E-state index in [1.54, 1.807) is 16.7 Å². The number of hydrogen-bond donors (Lipinski definition) is 0. The molecule has 6 nitrogen and oxygen atoms in total. The highest BCUT2D eigenvalue weighted by Gasteiger charge is 2.22. The van der Waals surface area contributed by atoms with Crippen molar-refractivity contribution < 1.29 is 9.53 Å². The third kappa shape index (κ3) is 7.57. The topological polar surface area (TPSA) is 58.6 Å². The highest BCUT2D eigenvalue weighted by atomic mass is 32.2. The Hall–Kier alpha value is -2.90. The van der Waals surface area contributed by atoms with E-state index < -0.39 is 0 Å². The van der Waals surface area contributed by atoms with E-state index in [1.165, 1.54) is 11.1 Å². The SMILES string of the molecule is Cc1ccc(CCCN2CCN(C(=O)Oc3ccc(CCSc4ccccn4)cc3)CC2)nc1. The first-order valence-electron chi connectivity index (χ1n) is 11.9. The van der Waals surface area contributed by atoms with Crippen LogP contribution in [0.2, 0.25) is 0 Å². The monoisotopic (exact) mass is 476 g/mol. The molecule has 0 aliphatic carbocycles. The number of carbonyl (C=O) groups excluding carboxylic acids is 1. The summed E-state index contributed by atoms with van der Waals surface area (Å²) in [6, 6.07) is 18.0.